The number of rotatable bonds is 2. The van der Waals surface area contributed by atoms with Gasteiger partial charge in [-0.2, -0.15) is 0 Å². The standard InChI is InChI=1S/C18H17NO2/c1-12-10-17(13(2)21-12)18(20)19(3)16-9-8-14-6-4-5-7-15(14)11-16/h4-11H,1-3H3. The third-order valence-electron chi connectivity index (χ3n) is 3.70. The van der Waals surface area contributed by atoms with E-state index in [1.54, 1.807) is 18.0 Å². The zero-order valence-electron chi connectivity index (χ0n) is 12.4. The van der Waals surface area contributed by atoms with Gasteiger partial charge in [0, 0.05) is 12.7 Å². The van der Waals surface area contributed by atoms with Gasteiger partial charge in [-0.05, 0) is 42.8 Å². The van der Waals surface area contributed by atoms with Crippen molar-refractivity contribution in [2.24, 2.45) is 0 Å². The molecule has 0 spiro atoms. The molecule has 0 N–H and O–H groups in total. The minimum absolute atomic E-state index is 0.0559. The van der Waals surface area contributed by atoms with Gasteiger partial charge in [0.1, 0.15) is 11.5 Å². The second kappa shape index (κ2) is 5.09. The number of furan rings is 1. The quantitative estimate of drug-likeness (QED) is 0.699. The Hall–Kier alpha value is -2.55. The average Bonchev–Trinajstić information content (AvgIpc) is 2.84. The van der Waals surface area contributed by atoms with E-state index in [0.29, 0.717) is 11.3 Å². The van der Waals surface area contributed by atoms with E-state index in [9.17, 15) is 4.79 Å². The Bertz CT molecular complexity index is 817. The Kier molecular flexibility index (Phi) is 3.26. The van der Waals surface area contributed by atoms with Crippen LogP contribution in [0.25, 0.3) is 10.8 Å². The van der Waals surface area contributed by atoms with Gasteiger partial charge in [0.2, 0.25) is 0 Å². The Balaban J connectivity index is 1.97. The van der Waals surface area contributed by atoms with Crippen molar-refractivity contribution in [3.8, 4) is 0 Å². The molecule has 3 nitrogen and oxygen atoms in total. The predicted octanol–water partition coefficient (Wildman–Crippen LogP) is 4.33. The maximum absolute atomic E-state index is 12.6. The van der Waals surface area contributed by atoms with Crippen molar-refractivity contribution in [3.05, 3.63) is 65.6 Å². The molecule has 0 fully saturated rings. The van der Waals surface area contributed by atoms with E-state index in [1.807, 2.05) is 50.2 Å². The van der Waals surface area contributed by atoms with Crippen LogP contribution in [-0.4, -0.2) is 13.0 Å². The van der Waals surface area contributed by atoms with Gasteiger partial charge in [-0.3, -0.25) is 4.79 Å². The molecule has 1 amide bonds. The number of hydrogen-bond donors (Lipinski definition) is 0. The molecule has 0 aliphatic heterocycles. The normalized spacial score (nSPS) is 10.8. The lowest BCUT2D eigenvalue weighted by Crippen LogP contribution is -2.26. The summed E-state index contributed by atoms with van der Waals surface area (Å²) in [5.41, 5.74) is 1.49. The third-order valence-corrected chi connectivity index (χ3v) is 3.70. The molecule has 0 saturated heterocycles. The fourth-order valence-corrected chi connectivity index (χ4v) is 2.53. The fraction of sp³-hybridized carbons (Fsp3) is 0.167. The molecular weight excluding hydrogens is 262 g/mol. The van der Waals surface area contributed by atoms with E-state index >= 15 is 0 Å². The van der Waals surface area contributed by atoms with Crippen LogP contribution in [0.1, 0.15) is 21.9 Å². The van der Waals surface area contributed by atoms with E-state index in [0.717, 1.165) is 22.2 Å². The van der Waals surface area contributed by atoms with Crippen LogP contribution in [0.2, 0.25) is 0 Å². The van der Waals surface area contributed by atoms with Crippen LogP contribution >= 0.6 is 0 Å². The lowest BCUT2D eigenvalue weighted by atomic mass is 10.1. The molecule has 106 valence electrons. The van der Waals surface area contributed by atoms with Gasteiger partial charge in [0.15, 0.2) is 0 Å². The van der Waals surface area contributed by atoms with Crippen molar-refractivity contribution in [3.63, 3.8) is 0 Å². The van der Waals surface area contributed by atoms with Gasteiger partial charge >= 0.3 is 0 Å². The molecule has 3 heteroatoms. The van der Waals surface area contributed by atoms with Gasteiger partial charge in [0.25, 0.3) is 5.91 Å². The Morgan fingerprint density at radius 2 is 1.71 bits per heavy atom. The average molecular weight is 279 g/mol. The van der Waals surface area contributed by atoms with E-state index in [-0.39, 0.29) is 5.91 Å². The highest BCUT2D eigenvalue weighted by atomic mass is 16.3. The van der Waals surface area contributed by atoms with E-state index in [2.05, 4.69) is 6.07 Å². The largest absolute Gasteiger partial charge is 0.466 e. The molecule has 1 aromatic heterocycles. The first-order valence-electron chi connectivity index (χ1n) is 6.90. The first-order valence-corrected chi connectivity index (χ1v) is 6.90. The lowest BCUT2D eigenvalue weighted by molar-refractivity contribution is 0.0991. The number of anilines is 1. The summed E-state index contributed by atoms with van der Waals surface area (Å²) in [4.78, 5) is 14.2. The first-order chi connectivity index (χ1) is 10.1. The maximum Gasteiger partial charge on any atom is 0.261 e. The summed E-state index contributed by atoms with van der Waals surface area (Å²) in [5, 5.41) is 2.28. The molecule has 1 heterocycles. The summed E-state index contributed by atoms with van der Waals surface area (Å²) in [6.45, 7) is 3.66. The smallest absolute Gasteiger partial charge is 0.261 e. The molecule has 0 aliphatic rings. The second-order valence-corrected chi connectivity index (χ2v) is 5.22. The van der Waals surface area contributed by atoms with Gasteiger partial charge in [0.05, 0.1) is 5.56 Å². The third kappa shape index (κ3) is 2.42. The molecule has 0 atom stereocenters. The number of benzene rings is 2. The van der Waals surface area contributed by atoms with Gasteiger partial charge < -0.3 is 9.32 Å². The van der Waals surface area contributed by atoms with E-state index in [1.165, 1.54) is 0 Å². The number of carbonyl (C=O) groups excluding carboxylic acids is 1. The van der Waals surface area contributed by atoms with E-state index in [4.69, 9.17) is 4.42 Å². The molecule has 0 aliphatic carbocycles. The molecule has 3 aromatic rings. The van der Waals surface area contributed by atoms with Crippen LogP contribution in [0.4, 0.5) is 5.69 Å². The van der Waals surface area contributed by atoms with Crippen molar-refractivity contribution < 1.29 is 9.21 Å². The minimum Gasteiger partial charge on any atom is -0.466 e. The van der Waals surface area contributed by atoms with Crippen molar-refractivity contribution in [1.29, 1.82) is 0 Å². The van der Waals surface area contributed by atoms with Crippen LogP contribution in [0.5, 0.6) is 0 Å². The molecule has 0 bridgehead atoms. The Morgan fingerprint density at radius 3 is 2.38 bits per heavy atom. The maximum atomic E-state index is 12.6. The lowest BCUT2D eigenvalue weighted by Gasteiger charge is -2.17. The van der Waals surface area contributed by atoms with Crippen molar-refractivity contribution >= 4 is 22.4 Å². The molecule has 0 unspecified atom stereocenters. The van der Waals surface area contributed by atoms with Gasteiger partial charge in [-0.15, -0.1) is 0 Å². The summed E-state index contributed by atoms with van der Waals surface area (Å²) in [5.74, 6) is 1.35. The van der Waals surface area contributed by atoms with Crippen molar-refractivity contribution in [2.75, 3.05) is 11.9 Å². The number of amides is 1. The number of fused-ring (bicyclic) bond motifs is 1. The molecule has 0 saturated carbocycles. The number of hydrogen-bond acceptors (Lipinski definition) is 2. The van der Waals surface area contributed by atoms with E-state index < -0.39 is 0 Å². The Morgan fingerprint density at radius 1 is 1.00 bits per heavy atom. The minimum atomic E-state index is -0.0559. The molecular formula is C18H17NO2. The van der Waals surface area contributed by atoms with Gasteiger partial charge in [-0.25, -0.2) is 0 Å². The van der Waals surface area contributed by atoms with Crippen LogP contribution in [0, 0.1) is 13.8 Å². The van der Waals surface area contributed by atoms with Crippen LogP contribution in [-0.2, 0) is 0 Å². The summed E-state index contributed by atoms with van der Waals surface area (Å²) >= 11 is 0. The second-order valence-electron chi connectivity index (χ2n) is 5.22. The monoisotopic (exact) mass is 279 g/mol. The molecule has 2 aromatic carbocycles. The highest BCUT2D eigenvalue weighted by Crippen LogP contribution is 2.24. The number of nitrogens with zero attached hydrogens (tertiary/aromatic N) is 1. The molecule has 21 heavy (non-hydrogen) atoms. The van der Waals surface area contributed by atoms with Crippen LogP contribution in [0.3, 0.4) is 0 Å². The zero-order chi connectivity index (χ0) is 15.0. The summed E-state index contributed by atoms with van der Waals surface area (Å²) in [7, 11) is 1.79. The SMILES string of the molecule is Cc1cc(C(=O)N(C)c2ccc3ccccc3c2)c(C)o1. The predicted molar refractivity (Wildman–Crippen MR) is 84.9 cm³/mol. The highest BCUT2D eigenvalue weighted by Gasteiger charge is 2.18. The van der Waals surface area contributed by atoms with Crippen molar-refractivity contribution in [1.82, 2.24) is 0 Å². The topological polar surface area (TPSA) is 33.5 Å². The summed E-state index contributed by atoms with van der Waals surface area (Å²) in [6, 6.07) is 15.9. The summed E-state index contributed by atoms with van der Waals surface area (Å²) < 4.78 is 5.44. The fourth-order valence-electron chi connectivity index (χ4n) is 2.53. The number of aryl methyl sites for hydroxylation is 2. The first kappa shape index (κ1) is 13.4. The number of carbonyl (C=O) groups is 1. The van der Waals surface area contributed by atoms with Gasteiger partial charge in [-0.1, -0.05) is 30.3 Å². The molecule has 3 rings (SSSR count). The highest BCUT2D eigenvalue weighted by molar-refractivity contribution is 6.07. The van der Waals surface area contributed by atoms with Crippen molar-refractivity contribution in [2.45, 2.75) is 13.8 Å². The van der Waals surface area contributed by atoms with Crippen LogP contribution in [0.15, 0.2) is 52.9 Å². The van der Waals surface area contributed by atoms with Crippen LogP contribution < -0.4 is 4.90 Å². The molecule has 0 radical (unpaired) electrons. The zero-order valence-corrected chi connectivity index (χ0v) is 12.4. The Labute approximate surface area is 123 Å². The summed E-state index contributed by atoms with van der Waals surface area (Å²) in [6.07, 6.45) is 0.